The molecule has 0 aliphatic heterocycles. The van der Waals surface area contributed by atoms with Gasteiger partial charge in [-0.3, -0.25) is 4.79 Å². The van der Waals surface area contributed by atoms with Crippen LogP contribution < -0.4 is 5.32 Å². The highest BCUT2D eigenvalue weighted by Crippen LogP contribution is 2.32. The van der Waals surface area contributed by atoms with Crippen molar-refractivity contribution in [2.75, 3.05) is 24.7 Å². The van der Waals surface area contributed by atoms with Crippen molar-refractivity contribution in [2.45, 2.75) is 44.4 Å². The van der Waals surface area contributed by atoms with E-state index in [-0.39, 0.29) is 12.5 Å². The first-order valence-electron chi connectivity index (χ1n) is 8.38. The Bertz CT molecular complexity index is 441. The fraction of sp³-hybridized carbons (Fsp3) is 0.611. The molecule has 22 heavy (non-hydrogen) atoms. The maximum absolute atomic E-state index is 12.1. The molecular weight excluding hydrogens is 294 g/mol. The van der Waals surface area contributed by atoms with E-state index in [1.54, 1.807) is 11.8 Å². The average molecular weight is 321 g/mol. The Kier molecular flexibility index (Phi) is 7.81. The van der Waals surface area contributed by atoms with Gasteiger partial charge in [-0.2, -0.15) is 11.8 Å². The molecule has 2 rings (SSSR count). The third-order valence-electron chi connectivity index (χ3n) is 4.23. The average Bonchev–Trinajstić information content (AvgIpc) is 2.59. The van der Waals surface area contributed by atoms with Crippen molar-refractivity contribution in [3.63, 3.8) is 0 Å². The van der Waals surface area contributed by atoms with Gasteiger partial charge in [-0.25, -0.2) is 0 Å². The summed E-state index contributed by atoms with van der Waals surface area (Å²) in [6.07, 6.45) is 7.43. The van der Waals surface area contributed by atoms with E-state index in [9.17, 15) is 4.79 Å². The van der Waals surface area contributed by atoms with Crippen LogP contribution in [0.1, 0.15) is 60.4 Å². The molecule has 0 radical (unpaired) electrons. The van der Waals surface area contributed by atoms with Crippen LogP contribution in [0.4, 0.5) is 0 Å². The highest BCUT2D eigenvalue weighted by atomic mass is 32.2. The number of rotatable bonds is 8. The van der Waals surface area contributed by atoms with Crippen LogP contribution in [0.3, 0.4) is 0 Å². The molecular formula is C18H27NO2S. The second-order valence-corrected chi connectivity index (χ2v) is 7.13. The minimum absolute atomic E-state index is 0.0120. The molecule has 0 bridgehead atoms. The summed E-state index contributed by atoms with van der Waals surface area (Å²) in [7, 11) is 0. The summed E-state index contributed by atoms with van der Waals surface area (Å²) in [5, 5.41) is 11.6. The van der Waals surface area contributed by atoms with Crippen LogP contribution in [0.25, 0.3) is 0 Å². The summed E-state index contributed by atoms with van der Waals surface area (Å²) in [5.41, 5.74) is 2.13. The molecule has 0 atom stereocenters. The summed E-state index contributed by atoms with van der Waals surface area (Å²) in [4.78, 5) is 12.1. The fourth-order valence-corrected chi connectivity index (χ4v) is 3.73. The molecule has 1 aromatic carbocycles. The van der Waals surface area contributed by atoms with E-state index in [0.717, 1.165) is 23.5 Å². The molecule has 0 heterocycles. The van der Waals surface area contributed by atoms with Crippen LogP contribution >= 0.6 is 11.8 Å². The highest BCUT2D eigenvalue weighted by molar-refractivity contribution is 7.99. The standard InChI is InChI=1S/C18H27NO2S/c20-12-4-13-22-14-11-19-18(21)17-9-7-16(8-10-17)15-5-2-1-3-6-15/h7-10,15,20H,1-6,11-14H2,(H,19,21). The van der Waals surface area contributed by atoms with Crippen LogP contribution in [0.15, 0.2) is 24.3 Å². The number of carbonyl (C=O) groups is 1. The summed E-state index contributed by atoms with van der Waals surface area (Å²) in [6, 6.07) is 8.16. The number of carbonyl (C=O) groups excluding carboxylic acids is 1. The Morgan fingerprint density at radius 2 is 1.86 bits per heavy atom. The lowest BCUT2D eigenvalue weighted by Gasteiger charge is -2.22. The first-order valence-corrected chi connectivity index (χ1v) is 9.53. The molecule has 1 aliphatic rings. The molecule has 4 heteroatoms. The largest absolute Gasteiger partial charge is 0.396 e. The van der Waals surface area contributed by atoms with E-state index < -0.39 is 0 Å². The van der Waals surface area contributed by atoms with E-state index in [1.807, 2.05) is 12.1 Å². The fourth-order valence-electron chi connectivity index (χ4n) is 2.95. The van der Waals surface area contributed by atoms with Crippen molar-refractivity contribution < 1.29 is 9.90 Å². The van der Waals surface area contributed by atoms with Gasteiger partial charge >= 0.3 is 0 Å². The third-order valence-corrected chi connectivity index (χ3v) is 5.30. The molecule has 0 saturated heterocycles. The zero-order valence-corrected chi connectivity index (χ0v) is 14.0. The lowest BCUT2D eigenvalue weighted by atomic mass is 9.84. The predicted octanol–water partition coefficient (Wildman–Crippen LogP) is 3.58. The molecule has 0 unspecified atom stereocenters. The Morgan fingerprint density at radius 1 is 1.14 bits per heavy atom. The van der Waals surface area contributed by atoms with Gasteiger partial charge in [-0.15, -0.1) is 0 Å². The SMILES string of the molecule is O=C(NCCSCCCO)c1ccc(C2CCCCC2)cc1. The molecule has 122 valence electrons. The zero-order chi connectivity index (χ0) is 15.6. The van der Waals surface area contributed by atoms with Crippen LogP contribution in [0, 0.1) is 0 Å². The van der Waals surface area contributed by atoms with Gasteiger partial charge in [-0.05, 0) is 48.6 Å². The number of hydrogen-bond acceptors (Lipinski definition) is 3. The topological polar surface area (TPSA) is 49.3 Å². The predicted molar refractivity (Wildman–Crippen MR) is 93.6 cm³/mol. The quantitative estimate of drug-likeness (QED) is 0.720. The second kappa shape index (κ2) is 9.90. The van der Waals surface area contributed by atoms with Gasteiger partial charge in [0, 0.05) is 24.5 Å². The number of benzene rings is 1. The minimum atomic E-state index is 0.0120. The van der Waals surface area contributed by atoms with Crippen LogP contribution in [-0.4, -0.2) is 35.7 Å². The van der Waals surface area contributed by atoms with Crippen molar-refractivity contribution in [3.05, 3.63) is 35.4 Å². The summed E-state index contributed by atoms with van der Waals surface area (Å²) in [6.45, 7) is 0.923. The van der Waals surface area contributed by atoms with Crippen LogP contribution in [0.2, 0.25) is 0 Å². The Morgan fingerprint density at radius 3 is 2.55 bits per heavy atom. The van der Waals surface area contributed by atoms with Crippen molar-refractivity contribution >= 4 is 17.7 Å². The molecule has 3 nitrogen and oxygen atoms in total. The normalized spacial score (nSPS) is 15.7. The zero-order valence-electron chi connectivity index (χ0n) is 13.2. The Labute approximate surface area is 137 Å². The maximum Gasteiger partial charge on any atom is 0.251 e. The van der Waals surface area contributed by atoms with Gasteiger partial charge in [0.1, 0.15) is 0 Å². The Hall–Kier alpha value is -1.00. The van der Waals surface area contributed by atoms with E-state index >= 15 is 0 Å². The van der Waals surface area contributed by atoms with E-state index in [4.69, 9.17) is 5.11 Å². The maximum atomic E-state index is 12.1. The lowest BCUT2D eigenvalue weighted by molar-refractivity contribution is 0.0956. The number of thioether (sulfide) groups is 1. The summed E-state index contributed by atoms with van der Waals surface area (Å²) in [5.74, 6) is 2.54. The van der Waals surface area contributed by atoms with Crippen LogP contribution in [-0.2, 0) is 0 Å². The van der Waals surface area contributed by atoms with E-state index in [2.05, 4.69) is 17.4 Å². The first kappa shape index (κ1) is 17.4. The van der Waals surface area contributed by atoms with Gasteiger partial charge in [0.25, 0.3) is 5.91 Å². The van der Waals surface area contributed by atoms with Gasteiger partial charge < -0.3 is 10.4 Å². The summed E-state index contributed by atoms with van der Waals surface area (Å²) >= 11 is 1.76. The number of amides is 1. The van der Waals surface area contributed by atoms with Gasteiger partial charge in [-0.1, -0.05) is 31.4 Å². The number of hydrogen-bond donors (Lipinski definition) is 2. The molecule has 1 aromatic rings. The van der Waals surface area contributed by atoms with Crippen molar-refractivity contribution in [2.24, 2.45) is 0 Å². The summed E-state index contributed by atoms with van der Waals surface area (Å²) < 4.78 is 0. The molecule has 0 aromatic heterocycles. The van der Waals surface area contributed by atoms with E-state index in [0.29, 0.717) is 12.5 Å². The smallest absolute Gasteiger partial charge is 0.251 e. The monoisotopic (exact) mass is 321 g/mol. The lowest BCUT2D eigenvalue weighted by Crippen LogP contribution is -2.25. The molecule has 2 N–H and O–H groups in total. The van der Waals surface area contributed by atoms with Crippen molar-refractivity contribution in [1.82, 2.24) is 5.32 Å². The third kappa shape index (κ3) is 5.65. The number of aliphatic hydroxyl groups is 1. The van der Waals surface area contributed by atoms with Crippen molar-refractivity contribution in [3.8, 4) is 0 Å². The van der Waals surface area contributed by atoms with Gasteiger partial charge in [0.2, 0.25) is 0 Å². The molecule has 0 spiro atoms. The molecule has 1 aliphatic carbocycles. The second-order valence-electron chi connectivity index (χ2n) is 5.90. The first-order chi connectivity index (χ1) is 10.8. The van der Waals surface area contributed by atoms with Gasteiger partial charge in [0.05, 0.1) is 0 Å². The van der Waals surface area contributed by atoms with Crippen LogP contribution in [0.5, 0.6) is 0 Å². The molecule has 1 fully saturated rings. The molecule has 1 saturated carbocycles. The minimum Gasteiger partial charge on any atom is -0.396 e. The number of aliphatic hydroxyl groups excluding tert-OH is 1. The Balaban J connectivity index is 1.73. The van der Waals surface area contributed by atoms with E-state index in [1.165, 1.54) is 37.7 Å². The van der Waals surface area contributed by atoms with Crippen molar-refractivity contribution in [1.29, 1.82) is 0 Å². The molecule has 1 amide bonds. The number of nitrogens with one attached hydrogen (secondary N) is 1. The van der Waals surface area contributed by atoms with Gasteiger partial charge in [0.15, 0.2) is 0 Å². The highest BCUT2D eigenvalue weighted by Gasteiger charge is 2.15.